The Balaban J connectivity index is 1.26. The van der Waals surface area contributed by atoms with Crippen molar-refractivity contribution >= 4 is 11.6 Å². The van der Waals surface area contributed by atoms with E-state index >= 15 is 0 Å². The molecule has 3 aromatic rings. The highest BCUT2D eigenvalue weighted by Gasteiger charge is 2.14. The summed E-state index contributed by atoms with van der Waals surface area (Å²) in [5.74, 6) is 2.27. The van der Waals surface area contributed by atoms with Crippen molar-refractivity contribution in [3.63, 3.8) is 0 Å². The first-order chi connectivity index (χ1) is 14.7. The largest absolute Gasteiger partial charge is 0.492 e. The average molecular weight is 402 g/mol. The van der Waals surface area contributed by atoms with Gasteiger partial charge in [-0.25, -0.2) is 0 Å². The van der Waals surface area contributed by atoms with E-state index in [0.29, 0.717) is 19.1 Å². The van der Waals surface area contributed by atoms with Gasteiger partial charge in [0, 0.05) is 11.7 Å². The lowest BCUT2D eigenvalue weighted by Crippen LogP contribution is -2.28. The van der Waals surface area contributed by atoms with Crippen molar-refractivity contribution < 1.29 is 14.3 Å². The monoisotopic (exact) mass is 402 g/mol. The highest BCUT2D eigenvalue weighted by molar-refractivity contribution is 5.92. The maximum absolute atomic E-state index is 12.2. The van der Waals surface area contributed by atoms with Crippen molar-refractivity contribution in [2.75, 3.05) is 18.5 Å². The highest BCUT2D eigenvalue weighted by atomic mass is 16.5. The van der Waals surface area contributed by atoms with E-state index in [9.17, 15) is 4.79 Å². The lowest BCUT2D eigenvalue weighted by atomic mass is 10.1. The third kappa shape index (κ3) is 5.84. The van der Waals surface area contributed by atoms with Gasteiger partial charge >= 0.3 is 0 Å². The minimum Gasteiger partial charge on any atom is -0.492 e. The molecule has 154 valence electrons. The maximum Gasteiger partial charge on any atom is 0.228 e. The molecule has 1 amide bonds. The maximum atomic E-state index is 12.2. The van der Waals surface area contributed by atoms with Gasteiger partial charge in [-0.05, 0) is 73.5 Å². The Kier molecular flexibility index (Phi) is 6.62. The fourth-order valence-electron chi connectivity index (χ4n) is 3.42. The van der Waals surface area contributed by atoms with Crippen LogP contribution in [-0.2, 0) is 11.2 Å². The number of carbonyl (C=O) groups excluding carboxylic acids is 1. The van der Waals surface area contributed by atoms with Crippen LogP contribution in [-0.4, -0.2) is 25.1 Å². The fourth-order valence-corrected chi connectivity index (χ4v) is 3.42. The predicted molar refractivity (Wildman–Crippen MR) is 118 cm³/mol. The fraction of sp³-hybridized carbons (Fsp3) is 0.240. The van der Waals surface area contributed by atoms with Crippen LogP contribution in [0.2, 0.25) is 0 Å². The van der Waals surface area contributed by atoms with E-state index in [1.54, 1.807) is 0 Å². The van der Waals surface area contributed by atoms with Crippen LogP contribution < -0.4 is 20.1 Å². The molecule has 0 saturated carbocycles. The summed E-state index contributed by atoms with van der Waals surface area (Å²) in [6, 6.07) is 25.1. The minimum atomic E-state index is -0.0433. The highest BCUT2D eigenvalue weighted by Crippen LogP contribution is 2.24. The molecule has 0 aromatic heterocycles. The molecule has 0 unspecified atom stereocenters. The molecule has 3 aromatic carbocycles. The summed E-state index contributed by atoms with van der Waals surface area (Å²) in [4.78, 5) is 12.2. The number of benzene rings is 3. The molecule has 1 fully saturated rings. The Labute approximate surface area is 177 Å². The van der Waals surface area contributed by atoms with Crippen molar-refractivity contribution in [2.45, 2.75) is 25.3 Å². The smallest absolute Gasteiger partial charge is 0.228 e. The third-order valence-electron chi connectivity index (χ3n) is 5.02. The van der Waals surface area contributed by atoms with Crippen LogP contribution in [0.3, 0.4) is 0 Å². The first-order valence-electron chi connectivity index (χ1n) is 10.3. The van der Waals surface area contributed by atoms with E-state index in [-0.39, 0.29) is 5.91 Å². The molecule has 0 aliphatic carbocycles. The topological polar surface area (TPSA) is 59.6 Å². The summed E-state index contributed by atoms with van der Waals surface area (Å²) in [7, 11) is 0. The molecule has 1 aliphatic heterocycles. The van der Waals surface area contributed by atoms with Gasteiger partial charge in [0.1, 0.15) is 23.9 Å². The Hall–Kier alpha value is -3.31. The van der Waals surface area contributed by atoms with E-state index in [1.807, 2.05) is 78.9 Å². The number of carbonyl (C=O) groups is 1. The number of hydrogen-bond acceptors (Lipinski definition) is 4. The average Bonchev–Trinajstić information content (AvgIpc) is 3.29. The van der Waals surface area contributed by atoms with Crippen molar-refractivity contribution in [3.8, 4) is 17.2 Å². The van der Waals surface area contributed by atoms with Crippen molar-refractivity contribution in [1.82, 2.24) is 5.32 Å². The summed E-state index contributed by atoms with van der Waals surface area (Å²) in [6.07, 6.45) is 2.71. The first-order valence-corrected chi connectivity index (χ1v) is 10.3. The number of anilines is 1. The Morgan fingerprint density at radius 3 is 2.23 bits per heavy atom. The van der Waals surface area contributed by atoms with Gasteiger partial charge in [0.25, 0.3) is 0 Å². The molecule has 5 heteroatoms. The van der Waals surface area contributed by atoms with Crippen LogP contribution in [0.15, 0.2) is 78.9 Å². The van der Waals surface area contributed by atoms with Gasteiger partial charge in [-0.2, -0.15) is 0 Å². The quantitative estimate of drug-likeness (QED) is 0.569. The lowest BCUT2D eigenvalue weighted by Gasteiger charge is -2.12. The molecule has 2 N–H and O–H groups in total. The molecule has 1 heterocycles. The van der Waals surface area contributed by atoms with Crippen molar-refractivity contribution in [2.24, 2.45) is 0 Å². The zero-order valence-corrected chi connectivity index (χ0v) is 16.8. The Bertz CT molecular complexity index is 934. The van der Waals surface area contributed by atoms with Gasteiger partial charge in [0.15, 0.2) is 0 Å². The Morgan fingerprint density at radius 1 is 0.900 bits per heavy atom. The van der Waals surface area contributed by atoms with Gasteiger partial charge in [-0.1, -0.05) is 30.3 Å². The molecular formula is C25H26N2O3. The van der Waals surface area contributed by atoms with E-state index in [1.165, 1.54) is 12.8 Å². The molecular weight excluding hydrogens is 376 g/mol. The number of amides is 1. The summed E-state index contributed by atoms with van der Waals surface area (Å²) in [6.45, 7) is 1.77. The van der Waals surface area contributed by atoms with Crippen molar-refractivity contribution in [3.05, 3.63) is 84.4 Å². The summed E-state index contributed by atoms with van der Waals surface area (Å²) in [5, 5.41) is 6.32. The minimum absolute atomic E-state index is 0.0433. The molecule has 1 aliphatic rings. The van der Waals surface area contributed by atoms with Crippen LogP contribution in [0, 0.1) is 0 Å². The zero-order valence-electron chi connectivity index (χ0n) is 16.8. The number of nitrogens with one attached hydrogen (secondary N) is 2. The normalized spacial score (nSPS) is 15.5. The van der Waals surface area contributed by atoms with E-state index in [4.69, 9.17) is 9.47 Å². The number of para-hydroxylation sites is 1. The number of rotatable bonds is 8. The van der Waals surface area contributed by atoms with Crippen LogP contribution in [0.4, 0.5) is 5.69 Å². The van der Waals surface area contributed by atoms with E-state index in [2.05, 4.69) is 10.6 Å². The number of ether oxygens (including phenoxy) is 2. The second-order valence-corrected chi connectivity index (χ2v) is 7.41. The van der Waals surface area contributed by atoms with Crippen molar-refractivity contribution in [1.29, 1.82) is 0 Å². The Morgan fingerprint density at radius 2 is 1.57 bits per heavy atom. The van der Waals surface area contributed by atoms with Crippen LogP contribution in [0.25, 0.3) is 0 Å². The van der Waals surface area contributed by atoms with Gasteiger partial charge < -0.3 is 20.1 Å². The van der Waals surface area contributed by atoms with Gasteiger partial charge in [0.2, 0.25) is 5.91 Å². The standard InChI is InChI=1S/C25H26N2O3/c28-25(27-20-5-2-1-3-6-20)17-19-8-10-23(11-9-19)30-24-14-12-22(13-15-24)29-18-21-7-4-16-26-21/h1-3,5-6,8-15,21,26H,4,7,16-18H2,(H,27,28)/t21-/m1/s1. The summed E-state index contributed by atoms with van der Waals surface area (Å²) in [5.41, 5.74) is 1.73. The molecule has 1 atom stereocenters. The predicted octanol–water partition coefficient (Wildman–Crippen LogP) is 4.79. The molecule has 0 spiro atoms. The summed E-state index contributed by atoms with van der Waals surface area (Å²) < 4.78 is 11.7. The van der Waals surface area contributed by atoms with E-state index in [0.717, 1.165) is 35.0 Å². The van der Waals surface area contributed by atoms with Gasteiger partial charge in [0.05, 0.1) is 6.42 Å². The van der Waals surface area contributed by atoms with Gasteiger partial charge in [-0.3, -0.25) is 4.79 Å². The molecule has 4 rings (SSSR count). The summed E-state index contributed by atoms with van der Waals surface area (Å²) >= 11 is 0. The first kappa shape index (κ1) is 20.0. The van der Waals surface area contributed by atoms with Gasteiger partial charge in [-0.15, -0.1) is 0 Å². The third-order valence-corrected chi connectivity index (χ3v) is 5.02. The molecule has 1 saturated heterocycles. The zero-order chi connectivity index (χ0) is 20.6. The van der Waals surface area contributed by atoms with Crippen LogP contribution in [0.5, 0.6) is 17.2 Å². The molecule has 5 nitrogen and oxygen atoms in total. The van der Waals surface area contributed by atoms with Crippen LogP contribution in [0.1, 0.15) is 18.4 Å². The molecule has 30 heavy (non-hydrogen) atoms. The van der Waals surface area contributed by atoms with Crippen LogP contribution >= 0.6 is 0 Å². The second-order valence-electron chi connectivity index (χ2n) is 7.41. The molecule has 0 radical (unpaired) electrons. The van der Waals surface area contributed by atoms with E-state index < -0.39 is 0 Å². The second kappa shape index (κ2) is 9.94. The number of hydrogen-bond donors (Lipinski definition) is 2. The lowest BCUT2D eigenvalue weighted by molar-refractivity contribution is -0.115. The SMILES string of the molecule is O=C(Cc1ccc(Oc2ccc(OC[C@H]3CCCN3)cc2)cc1)Nc1ccccc1. The molecule has 0 bridgehead atoms.